The molecule has 138 valence electrons. The minimum Gasteiger partial charge on any atom is -0.495 e. The Bertz CT molecular complexity index is 761. The first kappa shape index (κ1) is 18.6. The second-order valence-electron chi connectivity index (χ2n) is 6.74. The van der Waals surface area contributed by atoms with Gasteiger partial charge in [0.15, 0.2) is 0 Å². The molecule has 0 radical (unpaired) electrons. The van der Waals surface area contributed by atoms with Crippen molar-refractivity contribution in [1.82, 2.24) is 4.90 Å². The summed E-state index contributed by atoms with van der Waals surface area (Å²) in [6, 6.07) is 13.6. The lowest BCUT2D eigenvalue weighted by Crippen LogP contribution is -2.38. The van der Waals surface area contributed by atoms with Crippen LogP contribution in [0.4, 0.5) is 10.5 Å². The number of carbonyl (C=O) groups is 1. The second-order valence-corrected chi connectivity index (χ2v) is 7.18. The van der Waals surface area contributed by atoms with Gasteiger partial charge in [0.2, 0.25) is 0 Å². The fourth-order valence-electron chi connectivity index (χ4n) is 3.49. The van der Waals surface area contributed by atoms with Crippen molar-refractivity contribution in [3.8, 4) is 5.75 Å². The van der Waals surface area contributed by atoms with Crippen molar-refractivity contribution in [3.05, 3.63) is 58.6 Å². The summed E-state index contributed by atoms with van der Waals surface area (Å²) < 4.78 is 5.39. The Morgan fingerprint density at radius 2 is 1.92 bits per heavy atom. The molecule has 2 amide bonds. The Balaban J connectivity index is 1.85. The molecule has 1 aliphatic heterocycles. The molecule has 1 atom stereocenters. The van der Waals surface area contributed by atoms with E-state index >= 15 is 0 Å². The molecule has 1 aliphatic rings. The Morgan fingerprint density at radius 1 is 1.15 bits per heavy atom. The van der Waals surface area contributed by atoms with E-state index in [0.717, 1.165) is 43.4 Å². The zero-order valence-corrected chi connectivity index (χ0v) is 16.1. The van der Waals surface area contributed by atoms with Gasteiger partial charge in [-0.25, -0.2) is 4.79 Å². The number of urea groups is 1. The second kappa shape index (κ2) is 8.45. The lowest BCUT2D eigenvalue weighted by Gasteiger charge is -2.31. The van der Waals surface area contributed by atoms with Gasteiger partial charge in [-0.2, -0.15) is 0 Å². The fourth-order valence-corrected chi connectivity index (χ4v) is 3.62. The minimum absolute atomic E-state index is 0.0607. The fraction of sp³-hybridized carbons (Fsp3) is 0.381. The Hall–Kier alpha value is -2.20. The molecule has 0 unspecified atom stereocenters. The maximum atomic E-state index is 13.1. The summed E-state index contributed by atoms with van der Waals surface area (Å²) in [6.45, 7) is 2.74. The van der Waals surface area contributed by atoms with Crippen molar-refractivity contribution in [2.45, 2.75) is 38.6 Å². The maximum absolute atomic E-state index is 13.1. The lowest BCUT2D eigenvalue weighted by atomic mass is 10.0. The number of carbonyl (C=O) groups excluding carboxylic acids is 1. The quantitative estimate of drug-likeness (QED) is 0.739. The first-order valence-corrected chi connectivity index (χ1v) is 9.44. The third kappa shape index (κ3) is 4.31. The zero-order valence-electron chi connectivity index (χ0n) is 15.3. The molecule has 26 heavy (non-hydrogen) atoms. The molecule has 0 spiro atoms. The van der Waals surface area contributed by atoms with Crippen molar-refractivity contribution in [2.75, 3.05) is 19.0 Å². The van der Waals surface area contributed by atoms with E-state index in [1.807, 2.05) is 54.3 Å². The van der Waals surface area contributed by atoms with Crippen LogP contribution >= 0.6 is 11.6 Å². The maximum Gasteiger partial charge on any atom is 0.322 e. The largest absolute Gasteiger partial charge is 0.495 e. The smallest absolute Gasteiger partial charge is 0.322 e. The van der Waals surface area contributed by atoms with Crippen LogP contribution < -0.4 is 10.1 Å². The number of anilines is 1. The standard InChI is InChI=1S/C21H25ClN2O2/c1-15-7-12-20(26-2)18(14-15)23-21(25)24-13-5-3-4-6-19(24)16-8-10-17(22)11-9-16/h7-12,14,19H,3-6,13H2,1-2H3,(H,23,25)/t19-/m1/s1. The minimum atomic E-state index is -0.0873. The van der Waals surface area contributed by atoms with E-state index in [1.165, 1.54) is 0 Å². The molecule has 2 aromatic rings. The van der Waals surface area contributed by atoms with Crippen LogP contribution in [0, 0.1) is 6.92 Å². The molecule has 0 saturated carbocycles. The molecule has 5 heteroatoms. The van der Waals surface area contributed by atoms with Gasteiger partial charge < -0.3 is 15.0 Å². The van der Waals surface area contributed by atoms with Gasteiger partial charge in [-0.3, -0.25) is 0 Å². The van der Waals surface area contributed by atoms with Crippen LogP contribution in [0.5, 0.6) is 5.75 Å². The highest BCUT2D eigenvalue weighted by atomic mass is 35.5. The molecule has 1 N–H and O–H groups in total. The molecule has 2 aromatic carbocycles. The average molecular weight is 373 g/mol. The van der Waals surface area contributed by atoms with Crippen LogP contribution in [0.25, 0.3) is 0 Å². The predicted molar refractivity (Wildman–Crippen MR) is 106 cm³/mol. The van der Waals surface area contributed by atoms with Gasteiger partial charge >= 0.3 is 6.03 Å². The Kier molecular flexibility index (Phi) is 6.04. The third-order valence-corrected chi connectivity index (χ3v) is 5.12. The first-order valence-electron chi connectivity index (χ1n) is 9.06. The number of hydrogen-bond donors (Lipinski definition) is 1. The summed E-state index contributed by atoms with van der Waals surface area (Å²) in [7, 11) is 1.61. The van der Waals surface area contributed by atoms with Crippen LogP contribution in [-0.2, 0) is 0 Å². The van der Waals surface area contributed by atoms with E-state index in [4.69, 9.17) is 16.3 Å². The number of aryl methyl sites for hydroxylation is 1. The molecule has 0 aliphatic carbocycles. The van der Waals surface area contributed by atoms with Gasteiger partial charge in [-0.05, 0) is 55.2 Å². The van der Waals surface area contributed by atoms with Gasteiger partial charge in [-0.1, -0.05) is 42.6 Å². The normalized spacial score (nSPS) is 17.5. The van der Waals surface area contributed by atoms with Crippen molar-refractivity contribution >= 4 is 23.3 Å². The van der Waals surface area contributed by atoms with Crippen LogP contribution in [0.15, 0.2) is 42.5 Å². The predicted octanol–water partition coefficient (Wildman–Crippen LogP) is 5.81. The molecular weight excluding hydrogens is 348 g/mol. The lowest BCUT2D eigenvalue weighted by molar-refractivity contribution is 0.189. The molecule has 0 bridgehead atoms. The molecule has 1 heterocycles. The number of ether oxygens (including phenoxy) is 1. The Labute approximate surface area is 160 Å². The number of amides is 2. The number of nitrogens with one attached hydrogen (secondary N) is 1. The van der Waals surface area contributed by atoms with E-state index in [0.29, 0.717) is 16.5 Å². The summed E-state index contributed by atoms with van der Waals surface area (Å²) in [4.78, 5) is 15.0. The van der Waals surface area contributed by atoms with Crippen LogP contribution in [0.2, 0.25) is 5.02 Å². The molecular formula is C21H25ClN2O2. The van der Waals surface area contributed by atoms with Gasteiger partial charge in [0, 0.05) is 11.6 Å². The number of halogens is 1. The highest BCUT2D eigenvalue weighted by molar-refractivity contribution is 6.30. The number of hydrogen-bond acceptors (Lipinski definition) is 2. The van der Waals surface area contributed by atoms with E-state index in [1.54, 1.807) is 7.11 Å². The van der Waals surface area contributed by atoms with Gasteiger partial charge in [0.1, 0.15) is 5.75 Å². The molecule has 4 nitrogen and oxygen atoms in total. The summed E-state index contributed by atoms with van der Waals surface area (Å²) in [5.74, 6) is 0.668. The van der Waals surface area contributed by atoms with Crippen LogP contribution in [-0.4, -0.2) is 24.6 Å². The number of benzene rings is 2. The molecule has 1 fully saturated rings. The summed E-state index contributed by atoms with van der Waals surface area (Å²) >= 11 is 6.03. The van der Waals surface area contributed by atoms with Gasteiger partial charge in [0.25, 0.3) is 0 Å². The monoisotopic (exact) mass is 372 g/mol. The zero-order chi connectivity index (χ0) is 18.5. The number of methoxy groups -OCH3 is 1. The highest BCUT2D eigenvalue weighted by Crippen LogP contribution is 2.32. The highest BCUT2D eigenvalue weighted by Gasteiger charge is 2.27. The van der Waals surface area contributed by atoms with Crippen molar-refractivity contribution < 1.29 is 9.53 Å². The summed E-state index contributed by atoms with van der Waals surface area (Å²) in [6.07, 6.45) is 4.23. The van der Waals surface area contributed by atoms with Crippen LogP contribution in [0.1, 0.15) is 42.9 Å². The van der Waals surface area contributed by atoms with Gasteiger partial charge in [0.05, 0.1) is 18.8 Å². The van der Waals surface area contributed by atoms with Crippen molar-refractivity contribution in [1.29, 1.82) is 0 Å². The third-order valence-electron chi connectivity index (χ3n) is 4.87. The number of likely N-dealkylation sites (tertiary alicyclic amines) is 1. The van der Waals surface area contributed by atoms with Crippen molar-refractivity contribution in [3.63, 3.8) is 0 Å². The average Bonchev–Trinajstić information content (AvgIpc) is 2.89. The Morgan fingerprint density at radius 3 is 2.65 bits per heavy atom. The SMILES string of the molecule is COc1ccc(C)cc1NC(=O)N1CCCCC[C@@H]1c1ccc(Cl)cc1. The topological polar surface area (TPSA) is 41.6 Å². The molecule has 1 saturated heterocycles. The number of rotatable bonds is 3. The van der Waals surface area contributed by atoms with E-state index in [2.05, 4.69) is 5.32 Å². The number of nitrogens with zero attached hydrogens (tertiary/aromatic N) is 1. The molecule has 3 rings (SSSR count). The van der Waals surface area contributed by atoms with Gasteiger partial charge in [-0.15, -0.1) is 0 Å². The summed E-state index contributed by atoms with van der Waals surface area (Å²) in [5, 5.41) is 3.76. The van der Waals surface area contributed by atoms with Crippen molar-refractivity contribution in [2.24, 2.45) is 0 Å². The van der Waals surface area contributed by atoms with Crippen LogP contribution in [0.3, 0.4) is 0 Å². The first-order chi connectivity index (χ1) is 12.6. The van der Waals surface area contributed by atoms with E-state index in [9.17, 15) is 4.79 Å². The molecule has 0 aromatic heterocycles. The van der Waals surface area contributed by atoms with E-state index in [-0.39, 0.29) is 12.1 Å². The summed E-state index contributed by atoms with van der Waals surface area (Å²) in [5.41, 5.74) is 2.91. The van der Waals surface area contributed by atoms with E-state index < -0.39 is 0 Å².